The third-order valence-electron chi connectivity index (χ3n) is 2.26. The Morgan fingerprint density at radius 2 is 2.15 bits per heavy atom. The molecular formula is C9H11N3O. The van der Waals surface area contributed by atoms with E-state index in [0.717, 1.165) is 11.4 Å². The van der Waals surface area contributed by atoms with E-state index in [-0.39, 0.29) is 11.8 Å². The molecule has 68 valence electrons. The van der Waals surface area contributed by atoms with Gasteiger partial charge in [-0.2, -0.15) is 0 Å². The van der Waals surface area contributed by atoms with E-state index in [0.29, 0.717) is 13.0 Å². The molecule has 1 aromatic rings. The molecular weight excluding hydrogens is 166 g/mol. The van der Waals surface area contributed by atoms with E-state index in [1.165, 1.54) is 0 Å². The lowest BCUT2D eigenvalue weighted by Gasteiger charge is -2.21. The Hall–Kier alpha value is -1.29. The van der Waals surface area contributed by atoms with Crippen LogP contribution in [0.4, 0.5) is 0 Å². The number of nitrogens with one attached hydrogen (secondary N) is 1. The Kier molecular flexibility index (Phi) is 2.06. The lowest BCUT2D eigenvalue weighted by Crippen LogP contribution is -2.41. The topological polar surface area (TPSA) is 54.9 Å². The van der Waals surface area contributed by atoms with Gasteiger partial charge in [-0.3, -0.25) is 14.8 Å². The van der Waals surface area contributed by atoms with Crippen molar-refractivity contribution in [2.45, 2.75) is 25.9 Å². The quantitative estimate of drug-likeness (QED) is 0.660. The van der Waals surface area contributed by atoms with Crippen molar-refractivity contribution in [3.05, 3.63) is 23.8 Å². The number of hydrogen-bond donors (Lipinski definition) is 1. The summed E-state index contributed by atoms with van der Waals surface area (Å²) in [5, 5.41) is 3.12. The van der Waals surface area contributed by atoms with Gasteiger partial charge in [0.2, 0.25) is 0 Å². The smallest absolute Gasteiger partial charge is 0.147 e. The second kappa shape index (κ2) is 3.22. The van der Waals surface area contributed by atoms with E-state index in [1.54, 1.807) is 19.3 Å². The summed E-state index contributed by atoms with van der Waals surface area (Å²) in [6, 6.07) is -0.0794. The van der Waals surface area contributed by atoms with Crippen LogP contribution in [0.5, 0.6) is 0 Å². The highest BCUT2D eigenvalue weighted by atomic mass is 16.1. The zero-order valence-electron chi connectivity index (χ0n) is 7.45. The lowest BCUT2D eigenvalue weighted by atomic mass is 10.0. The molecule has 13 heavy (non-hydrogen) atoms. The third kappa shape index (κ3) is 1.58. The van der Waals surface area contributed by atoms with Crippen molar-refractivity contribution in [1.29, 1.82) is 0 Å². The molecule has 0 aromatic carbocycles. The van der Waals surface area contributed by atoms with Crippen molar-refractivity contribution in [2.75, 3.05) is 0 Å². The van der Waals surface area contributed by atoms with E-state index in [9.17, 15) is 4.79 Å². The summed E-state index contributed by atoms with van der Waals surface area (Å²) in [6.07, 6.45) is 4.01. The standard InChI is InChI=1S/C9H11N3O/c1-6(13)7-4-8-9(5-12-7)11-3-2-10-8/h2-3,7,12H,4-5H2,1H3. The Balaban J connectivity index is 2.24. The molecule has 1 unspecified atom stereocenters. The van der Waals surface area contributed by atoms with E-state index in [1.807, 2.05) is 0 Å². The highest BCUT2D eigenvalue weighted by Gasteiger charge is 2.22. The molecule has 1 atom stereocenters. The summed E-state index contributed by atoms with van der Waals surface area (Å²) < 4.78 is 0. The van der Waals surface area contributed by atoms with Gasteiger partial charge in [0.15, 0.2) is 0 Å². The van der Waals surface area contributed by atoms with Gasteiger partial charge in [-0.1, -0.05) is 0 Å². The zero-order valence-corrected chi connectivity index (χ0v) is 7.45. The molecule has 2 rings (SSSR count). The first kappa shape index (κ1) is 8.31. The van der Waals surface area contributed by atoms with Crippen LogP contribution in [0.1, 0.15) is 18.3 Å². The maximum atomic E-state index is 11.1. The fraction of sp³-hybridized carbons (Fsp3) is 0.444. The molecule has 4 nitrogen and oxygen atoms in total. The highest BCUT2D eigenvalue weighted by molar-refractivity contribution is 5.81. The van der Waals surface area contributed by atoms with Gasteiger partial charge < -0.3 is 5.32 Å². The van der Waals surface area contributed by atoms with Crippen LogP contribution < -0.4 is 5.32 Å². The van der Waals surface area contributed by atoms with Crippen LogP contribution in [0.3, 0.4) is 0 Å². The van der Waals surface area contributed by atoms with Crippen LogP contribution >= 0.6 is 0 Å². The van der Waals surface area contributed by atoms with Crippen molar-refractivity contribution in [3.63, 3.8) is 0 Å². The lowest BCUT2D eigenvalue weighted by molar-refractivity contribution is -0.119. The molecule has 1 N–H and O–H groups in total. The van der Waals surface area contributed by atoms with Gasteiger partial charge in [0.25, 0.3) is 0 Å². The number of rotatable bonds is 1. The molecule has 4 heteroatoms. The van der Waals surface area contributed by atoms with E-state index in [2.05, 4.69) is 15.3 Å². The normalized spacial score (nSPS) is 20.8. The van der Waals surface area contributed by atoms with Gasteiger partial charge in [0, 0.05) is 25.4 Å². The van der Waals surface area contributed by atoms with E-state index < -0.39 is 0 Å². The molecule has 0 fully saturated rings. The molecule has 0 spiro atoms. The minimum Gasteiger partial charge on any atom is -0.301 e. The first-order valence-electron chi connectivity index (χ1n) is 4.30. The Morgan fingerprint density at radius 3 is 2.85 bits per heavy atom. The predicted molar refractivity (Wildman–Crippen MR) is 47.0 cm³/mol. The predicted octanol–water partition coefficient (Wildman–Crippen LogP) is 0.0799. The van der Waals surface area contributed by atoms with Gasteiger partial charge in [-0.05, 0) is 6.92 Å². The Labute approximate surface area is 76.4 Å². The Morgan fingerprint density at radius 1 is 1.46 bits per heavy atom. The molecule has 0 saturated heterocycles. The largest absolute Gasteiger partial charge is 0.301 e. The molecule has 0 amide bonds. The first-order chi connectivity index (χ1) is 6.27. The number of Topliss-reactive ketones (excluding diaryl/α,β-unsaturated/α-hetero) is 1. The monoisotopic (exact) mass is 177 g/mol. The number of aromatic nitrogens is 2. The summed E-state index contributed by atoms with van der Waals surface area (Å²) in [4.78, 5) is 19.5. The van der Waals surface area contributed by atoms with Crippen LogP contribution in [0.25, 0.3) is 0 Å². The average molecular weight is 177 g/mol. The molecule has 0 radical (unpaired) electrons. The summed E-state index contributed by atoms with van der Waals surface area (Å²) >= 11 is 0. The maximum Gasteiger partial charge on any atom is 0.147 e. The molecule has 0 aliphatic carbocycles. The number of carbonyl (C=O) groups excluding carboxylic acids is 1. The van der Waals surface area contributed by atoms with Crippen LogP contribution in [0, 0.1) is 0 Å². The fourth-order valence-corrected chi connectivity index (χ4v) is 1.49. The van der Waals surface area contributed by atoms with Crippen LogP contribution in [-0.4, -0.2) is 21.8 Å². The molecule has 2 heterocycles. The molecule has 0 saturated carbocycles. The minimum atomic E-state index is -0.0794. The van der Waals surface area contributed by atoms with Crippen molar-refractivity contribution in [1.82, 2.24) is 15.3 Å². The van der Waals surface area contributed by atoms with E-state index in [4.69, 9.17) is 0 Å². The second-order valence-corrected chi connectivity index (χ2v) is 3.20. The molecule has 1 aliphatic heterocycles. The maximum absolute atomic E-state index is 11.1. The fourth-order valence-electron chi connectivity index (χ4n) is 1.49. The number of nitrogens with zero attached hydrogens (tertiary/aromatic N) is 2. The van der Waals surface area contributed by atoms with Gasteiger partial charge in [0.05, 0.1) is 17.4 Å². The summed E-state index contributed by atoms with van der Waals surface area (Å²) in [6.45, 7) is 2.24. The van der Waals surface area contributed by atoms with Gasteiger partial charge >= 0.3 is 0 Å². The van der Waals surface area contributed by atoms with Gasteiger partial charge in [-0.25, -0.2) is 0 Å². The first-order valence-corrected chi connectivity index (χ1v) is 4.30. The van der Waals surface area contributed by atoms with Crippen LogP contribution in [-0.2, 0) is 17.8 Å². The van der Waals surface area contributed by atoms with Crippen molar-refractivity contribution < 1.29 is 4.79 Å². The van der Waals surface area contributed by atoms with E-state index >= 15 is 0 Å². The van der Waals surface area contributed by atoms with Crippen molar-refractivity contribution in [3.8, 4) is 0 Å². The third-order valence-corrected chi connectivity index (χ3v) is 2.26. The summed E-state index contributed by atoms with van der Waals surface area (Å²) in [7, 11) is 0. The summed E-state index contributed by atoms with van der Waals surface area (Å²) in [5.74, 6) is 0.163. The van der Waals surface area contributed by atoms with Crippen molar-refractivity contribution >= 4 is 5.78 Å². The minimum absolute atomic E-state index is 0.0794. The number of fused-ring (bicyclic) bond motifs is 1. The van der Waals surface area contributed by atoms with Gasteiger partial charge in [0.1, 0.15) is 5.78 Å². The van der Waals surface area contributed by atoms with Crippen LogP contribution in [0.15, 0.2) is 12.4 Å². The SMILES string of the molecule is CC(=O)C1Cc2nccnc2CN1. The van der Waals surface area contributed by atoms with Crippen LogP contribution in [0.2, 0.25) is 0 Å². The zero-order chi connectivity index (χ0) is 9.26. The Bertz CT molecular complexity index is 337. The van der Waals surface area contributed by atoms with Gasteiger partial charge in [-0.15, -0.1) is 0 Å². The molecule has 0 bridgehead atoms. The number of hydrogen-bond acceptors (Lipinski definition) is 4. The number of carbonyl (C=O) groups is 1. The average Bonchev–Trinajstić information content (AvgIpc) is 2.17. The highest BCUT2D eigenvalue weighted by Crippen LogP contribution is 2.11. The molecule has 1 aromatic heterocycles. The summed E-state index contributed by atoms with van der Waals surface area (Å²) in [5.41, 5.74) is 1.90. The van der Waals surface area contributed by atoms with Crippen molar-refractivity contribution in [2.24, 2.45) is 0 Å². The number of ketones is 1. The second-order valence-electron chi connectivity index (χ2n) is 3.20. The molecule has 1 aliphatic rings.